The van der Waals surface area contributed by atoms with E-state index < -0.39 is 18.0 Å². The van der Waals surface area contributed by atoms with Gasteiger partial charge in [-0.15, -0.1) is 0 Å². The molecule has 1 aliphatic heterocycles. The van der Waals surface area contributed by atoms with Gasteiger partial charge in [-0.1, -0.05) is 12.1 Å². The van der Waals surface area contributed by atoms with Gasteiger partial charge in [0.2, 0.25) is 5.76 Å². The van der Waals surface area contributed by atoms with Gasteiger partial charge < -0.3 is 24.1 Å². The second kappa shape index (κ2) is 9.01. The lowest BCUT2D eigenvalue weighted by atomic mass is 10.2. The number of rotatable bonds is 5. The Balaban J connectivity index is 1.38. The molecule has 1 unspecified atom stereocenters. The molecule has 1 N–H and O–H groups in total. The van der Waals surface area contributed by atoms with E-state index >= 15 is 0 Å². The number of fused-ring (bicyclic) bond motifs is 1. The molecule has 4 rings (SSSR count). The molecule has 31 heavy (non-hydrogen) atoms. The maximum Gasteiger partial charge on any atom is 0.375 e. The summed E-state index contributed by atoms with van der Waals surface area (Å²) < 4.78 is 16.0. The number of carbonyl (C=O) groups is 2. The SMILES string of the molecule is CC(OC(=O)c1cc(=O)c2ccccc2o1)C(=O)Nc1ccc(N2CCOCC2)cc1. The molecule has 1 aromatic heterocycles. The summed E-state index contributed by atoms with van der Waals surface area (Å²) in [5, 5.41) is 3.08. The molecule has 1 fully saturated rings. The summed E-state index contributed by atoms with van der Waals surface area (Å²) in [6, 6.07) is 15.1. The molecule has 1 saturated heterocycles. The van der Waals surface area contributed by atoms with Crippen molar-refractivity contribution in [1.29, 1.82) is 0 Å². The Morgan fingerprint density at radius 3 is 2.52 bits per heavy atom. The predicted molar refractivity (Wildman–Crippen MR) is 115 cm³/mol. The van der Waals surface area contributed by atoms with Gasteiger partial charge in [0.1, 0.15) is 5.58 Å². The Morgan fingerprint density at radius 1 is 1.06 bits per heavy atom. The van der Waals surface area contributed by atoms with E-state index in [1.165, 1.54) is 6.92 Å². The first-order chi connectivity index (χ1) is 15.0. The number of hydrogen-bond acceptors (Lipinski definition) is 7. The first kappa shape index (κ1) is 20.6. The first-order valence-corrected chi connectivity index (χ1v) is 9.99. The molecule has 0 bridgehead atoms. The van der Waals surface area contributed by atoms with Crippen LogP contribution in [-0.4, -0.2) is 44.3 Å². The van der Waals surface area contributed by atoms with Crippen LogP contribution in [0.2, 0.25) is 0 Å². The van der Waals surface area contributed by atoms with Crippen LogP contribution in [0.15, 0.2) is 63.8 Å². The molecule has 1 atom stereocenters. The molecule has 2 heterocycles. The number of esters is 1. The van der Waals surface area contributed by atoms with Crippen molar-refractivity contribution in [2.75, 3.05) is 36.5 Å². The number of anilines is 2. The molecule has 0 spiro atoms. The fourth-order valence-corrected chi connectivity index (χ4v) is 3.30. The Kier molecular flexibility index (Phi) is 5.99. The third-order valence-electron chi connectivity index (χ3n) is 5.00. The highest BCUT2D eigenvalue weighted by Gasteiger charge is 2.22. The number of morpholine rings is 1. The van der Waals surface area contributed by atoms with Gasteiger partial charge in [0.15, 0.2) is 11.5 Å². The first-order valence-electron chi connectivity index (χ1n) is 9.99. The van der Waals surface area contributed by atoms with E-state index in [-0.39, 0.29) is 16.8 Å². The molecule has 2 aromatic carbocycles. The largest absolute Gasteiger partial charge is 0.449 e. The van der Waals surface area contributed by atoms with E-state index in [0.717, 1.165) is 24.8 Å². The predicted octanol–water partition coefficient (Wildman–Crippen LogP) is 2.81. The quantitative estimate of drug-likeness (QED) is 0.632. The minimum Gasteiger partial charge on any atom is -0.449 e. The van der Waals surface area contributed by atoms with Crippen LogP contribution < -0.4 is 15.6 Å². The number of benzene rings is 2. The molecule has 1 aliphatic rings. The van der Waals surface area contributed by atoms with Gasteiger partial charge in [-0.05, 0) is 43.3 Å². The van der Waals surface area contributed by atoms with Crippen molar-refractivity contribution in [2.24, 2.45) is 0 Å². The average Bonchev–Trinajstić information content (AvgIpc) is 2.80. The summed E-state index contributed by atoms with van der Waals surface area (Å²) in [6.07, 6.45) is -1.08. The van der Waals surface area contributed by atoms with E-state index in [1.54, 1.807) is 36.4 Å². The molecule has 0 saturated carbocycles. The molecular weight excluding hydrogens is 400 g/mol. The summed E-state index contributed by atoms with van der Waals surface area (Å²) in [6.45, 7) is 4.49. The van der Waals surface area contributed by atoms with E-state index in [9.17, 15) is 14.4 Å². The molecule has 1 amide bonds. The summed E-state index contributed by atoms with van der Waals surface area (Å²) in [7, 11) is 0. The second-order valence-corrected chi connectivity index (χ2v) is 7.15. The molecule has 160 valence electrons. The number of amides is 1. The lowest BCUT2D eigenvalue weighted by molar-refractivity contribution is -0.123. The highest BCUT2D eigenvalue weighted by Crippen LogP contribution is 2.19. The van der Waals surface area contributed by atoms with Gasteiger partial charge in [0.25, 0.3) is 5.91 Å². The normalized spacial score (nSPS) is 14.8. The highest BCUT2D eigenvalue weighted by atomic mass is 16.6. The lowest BCUT2D eigenvalue weighted by Crippen LogP contribution is -2.36. The van der Waals surface area contributed by atoms with Crippen LogP contribution in [0, 0.1) is 0 Å². The third-order valence-corrected chi connectivity index (χ3v) is 5.00. The van der Waals surface area contributed by atoms with Crippen LogP contribution in [0.4, 0.5) is 11.4 Å². The fraction of sp³-hybridized carbons (Fsp3) is 0.261. The Morgan fingerprint density at radius 2 is 1.77 bits per heavy atom. The van der Waals surface area contributed by atoms with Gasteiger partial charge >= 0.3 is 5.97 Å². The van der Waals surface area contributed by atoms with Crippen LogP contribution in [0.5, 0.6) is 0 Å². The lowest BCUT2D eigenvalue weighted by Gasteiger charge is -2.28. The number of ether oxygens (including phenoxy) is 2. The summed E-state index contributed by atoms with van der Waals surface area (Å²) >= 11 is 0. The molecule has 3 aromatic rings. The minimum absolute atomic E-state index is 0.252. The standard InChI is InChI=1S/C23H22N2O6/c1-15(30-23(28)21-14-19(26)18-4-2-3-5-20(18)31-21)22(27)24-16-6-8-17(9-7-16)25-10-12-29-13-11-25/h2-9,14-15H,10-13H2,1H3,(H,24,27). The highest BCUT2D eigenvalue weighted by molar-refractivity contribution is 5.97. The molecular formula is C23H22N2O6. The van der Waals surface area contributed by atoms with Gasteiger partial charge in [-0.25, -0.2) is 4.79 Å². The van der Waals surface area contributed by atoms with Crippen LogP contribution in [0.25, 0.3) is 11.0 Å². The van der Waals surface area contributed by atoms with Crippen LogP contribution in [0.3, 0.4) is 0 Å². The number of carbonyl (C=O) groups excluding carboxylic acids is 2. The summed E-state index contributed by atoms with van der Waals surface area (Å²) in [4.78, 5) is 39.2. The molecule has 0 radical (unpaired) electrons. The van der Waals surface area contributed by atoms with E-state index in [0.29, 0.717) is 24.3 Å². The summed E-state index contributed by atoms with van der Waals surface area (Å²) in [5.74, 6) is -1.62. The average molecular weight is 422 g/mol. The third kappa shape index (κ3) is 4.75. The van der Waals surface area contributed by atoms with Gasteiger partial charge in [-0.3, -0.25) is 9.59 Å². The maximum absolute atomic E-state index is 12.4. The van der Waals surface area contributed by atoms with Crippen molar-refractivity contribution in [3.63, 3.8) is 0 Å². The molecule has 8 nitrogen and oxygen atoms in total. The second-order valence-electron chi connectivity index (χ2n) is 7.15. The zero-order chi connectivity index (χ0) is 21.8. The maximum atomic E-state index is 12.4. The Labute approximate surface area is 178 Å². The van der Waals surface area contributed by atoms with Crippen LogP contribution in [-0.2, 0) is 14.3 Å². The van der Waals surface area contributed by atoms with Crippen molar-refractivity contribution >= 4 is 34.2 Å². The van der Waals surface area contributed by atoms with Crippen molar-refractivity contribution in [3.8, 4) is 0 Å². The number of para-hydroxylation sites is 1. The monoisotopic (exact) mass is 422 g/mol. The molecule has 8 heteroatoms. The van der Waals surface area contributed by atoms with Gasteiger partial charge in [0, 0.05) is 30.5 Å². The van der Waals surface area contributed by atoms with Crippen molar-refractivity contribution in [3.05, 3.63) is 70.6 Å². The van der Waals surface area contributed by atoms with Crippen molar-refractivity contribution in [1.82, 2.24) is 0 Å². The van der Waals surface area contributed by atoms with E-state index in [4.69, 9.17) is 13.9 Å². The smallest absolute Gasteiger partial charge is 0.375 e. The fourth-order valence-electron chi connectivity index (χ4n) is 3.30. The zero-order valence-corrected chi connectivity index (χ0v) is 17.0. The topological polar surface area (TPSA) is 98.1 Å². The Hall–Kier alpha value is -3.65. The van der Waals surface area contributed by atoms with Crippen molar-refractivity contribution in [2.45, 2.75) is 13.0 Å². The van der Waals surface area contributed by atoms with E-state index in [1.807, 2.05) is 12.1 Å². The minimum atomic E-state index is -1.08. The van der Waals surface area contributed by atoms with Gasteiger partial charge in [-0.2, -0.15) is 0 Å². The van der Waals surface area contributed by atoms with E-state index in [2.05, 4.69) is 10.2 Å². The number of nitrogens with zero attached hydrogens (tertiary/aromatic N) is 1. The zero-order valence-electron chi connectivity index (χ0n) is 17.0. The van der Waals surface area contributed by atoms with Crippen LogP contribution in [0.1, 0.15) is 17.5 Å². The number of nitrogens with one attached hydrogen (secondary N) is 1. The molecule has 0 aliphatic carbocycles. The van der Waals surface area contributed by atoms with Crippen molar-refractivity contribution < 1.29 is 23.5 Å². The summed E-state index contributed by atoms with van der Waals surface area (Å²) in [5.41, 5.74) is 1.56. The number of hydrogen-bond donors (Lipinski definition) is 1. The van der Waals surface area contributed by atoms with Gasteiger partial charge in [0.05, 0.1) is 18.6 Å². The van der Waals surface area contributed by atoms with Crippen LogP contribution >= 0.6 is 0 Å². The Bertz CT molecular complexity index is 1150.